The van der Waals surface area contributed by atoms with Gasteiger partial charge in [-0.3, -0.25) is 8.98 Å². The molecule has 1 fully saturated rings. The molecule has 5 nitrogen and oxygen atoms in total. The monoisotopic (exact) mass is 326 g/mol. The van der Waals surface area contributed by atoms with E-state index in [0.29, 0.717) is 0 Å². The van der Waals surface area contributed by atoms with E-state index in [-0.39, 0.29) is 29.5 Å². The third-order valence-electron chi connectivity index (χ3n) is 3.90. The summed E-state index contributed by atoms with van der Waals surface area (Å²) in [6, 6.07) is 6.54. The molecule has 6 heteroatoms. The first-order valence-corrected chi connectivity index (χ1v) is 8.92. The first-order chi connectivity index (χ1) is 10.4. The molecule has 0 saturated heterocycles. The second-order valence-electron chi connectivity index (χ2n) is 5.74. The Bertz CT molecular complexity index is 606. The van der Waals surface area contributed by atoms with E-state index in [2.05, 4.69) is 0 Å². The number of rotatable bonds is 5. The van der Waals surface area contributed by atoms with E-state index in [0.717, 1.165) is 31.2 Å². The molecule has 1 aromatic rings. The van der Waals surface area contributed by atoms with Crippen molar-refractivity contribution in [3.63, 3.8) is 0 Å². The van der Waals surface area contributed by atoms with E-state index in [1.165, 1.54) is 19.1 Å². The van der Waals surface area contributed by atoms with E-state index in [1.54, 1.807) is 12.1 Å². The lowest BCUT2D eigenvalue weighted by Gasteiger charge is -2.30. The van der Waals surface area contributed by atoms with Crippen molar-refractivity contribution in [2.75, 3.05) is 6.61 Å². The number of aryl methyl sites for hydroxylation is 1. The van der Waals surface area contributed by atoms with Crippen molar-refractivity contribution in [2.24, 2.45) is 5.92 Å². The van der Waals surface area contributed by atoms with Crippen LogP contribution in [-0.4, -0.2) is 27.1 Å². The molecular weight excluding hydrogens is 304 g/mol. The number of hydrogen-bond acceptors (Lipinski definition) is 5. The molecule has 122 valence electrons. The van der Waals surface area contributed by atoms with Crippen molar-refractivity contribution in [1.82, 2.24) is 0 Å². The van der Waals surface area contributed by atoms with E-state index in [9.17, 15) is 13.2 Å². The maximum absolute atomic E-state index is 12.2. The van der Waals surface area contributed by atoms with Crippen molar-refractivity contribution in [3.05, 3.63) is 29.8 Å². The molecule has 0 heterocycles. The van der Waals surface area contributed by atoms with Gasteiger partial charge in [-0.2, -0.15) is 8.42 Å². The Hall–Kier alpha value is -1.40. The Morgan fingerprint density at radius 1 is 1.18 bits per heavy atom. The lowest BCUT2D eigenvalue weighted by Crippen LogP contribution is -2.33. The Kier molecular flexibility index (Phi) is 5.58. The smallest absolute Gasteiger partial charge is 0.302 e. The van der Waals surface area contributed by atoms with Crippen LogP contribution >= 0.6 is 0 Å². The van der Waals surface area contributed by atoms with Crippen LogP contribution in [0.2, 0.25) is 0 Å². The van der Waals surface area contributed by atoms with E-state index >= 15 is 0 Å². The van der Waals surface area contributed by atoms with Gasteiger partial charge in [0, 0.05) is 12.8 Å². The van der Waals surface area contributed by atoms with Gasteiger partial charge in [0.05, 0.1) is 11.5 Å². The predicted octanol–water partition coefficient (Wildman–Crippen LogP) is 2.82. The molecule has 2 atom stereocenters. The van der Waals surface area contributed by atoms with Crippen LogP contribution in [0.4, 0.5) is 0 Å². The van der Waals surface area contributed by atoms with Crippen molar-refractivity contribution in [1.29, 1.82) is 0 Å². The van der Waals surface area contributed by atoms with Gasteiger partial charge >= 0.3 is 5.97 Å². The molecule has 0 amide bonds. The number of benzene rings is 1. The van der Waals surface area contributed by atoms with Crippen molar-refractivity contribution < 1.29 is 22.1 Å². The van der Waals surface area contributed by atoms with Crippen LogP contribution in [0.25, 0.3) is 0 Å². The molecule has 0 aliphatic heterocycles. The van der Waals surface area contributed by atoms with Crippen LogP contribution in [0.15, 0.2) is 29.2 Å². The van der Waals surface area contributed by atoms with Gasteiger partial charge in [0.2, 0.25) is 0 Å². The Morgan fingerprint density at radius 2 is 1.82 bits per heavy atom. The molecule has 0 N–H and O–H groups in total. The minimum Gasteiger partial charge on any atom is -0.462 e. The summed E-state index contributed by atoms with van der Waals surface area (Å²) >= 11 is 0. The topological polar surface area (TPSA) is 69.7 Å². The highest BCUT2D eigenvalue weighted by Crippen LogP contribution is 2.28. The zero-order valence-corrected chi connectivity index (χ0v) is 13.8. The summed E-state index contributed by atoms with van der Waals surface area (Å²) < 4.78 is 34.8. The molecule has 2 rings (SSSR count). The summed E-state index contributed by atoms with van der Waals surface area (Å²) in [6.45, 7) is 3.31. The van der Waals surface area contributed by atoms with Crippen LogP contribution in [0.5, 0.6) is 0 Å². The lowest BCUT2D eigenvalue weighted by molar-refractivity contribution is -0.151. The fourth-order valence-corrected chi connectivity index (χ4v) is 3.64. The number of hydrogen-bond donors (Lipinski definition) is 0. The van der Waals surface area contributed by atoms with Crippen LogP contribution < -0.4 is 0 Å². The molecule has 1 saturated carbocycles. The normalized spacial score (nSPS) is 22.3. The molecular formula is C16H22O5S. The number of carbonyl (C=O) groups is 1. The molecule has 0 radical (unpaired) electrons. The minimum atomic E-state index is -3.77. The van der Waals surface area contributed by atoms with Gasteiger partial charge in [-0.1, -0.05) is 24.1 Å². The zero-order valence-electron chi connectivity index (χ0n) is 12.9. The van der Waals surface area contributed by atoms with Crippen LogP contribution in [0, 0.1) is 12.8 Å². The second-order valence-corrected chi connectivity index (χ2v) is 7.36. The van der Waals surface area contributed by atoms with Crippen LogP contribution in [0.3, 0.4) is 0 Å². The van der Waals surface area contributed by atoms with E-state index in [4.69, 9.17) is 8.92 Å². The maximum Gasteiger partial charge on any atom is 0.302 e. The van der Waals surface area contributed by atoms with Crippen LogP contribution in [-0.2, 0) is 23.8 Å². The summed E-state index contributed by atoms with van der Waals surface area (Å²) in [5.74, 6) is -0.406. The van der Waals surface area contributed by atoms with E-state index < -0.39 is 10.1 Å². The molecule has 1 aliphatic rings. The highest BCUT2D eigenvalue weighted by atomic mass is 32.2. The maximum atomic E-state index is 12.2. The predicted molar refractivity (Wildman–Crippen MR) is 81.8 cm³/mol. The van der Waals surface area contributed by atoms with Gasteiger partial charge in [0.1, 0.15) is 6.10 Å². The zero-order chi connectivity index (χ0) is 16.2. The summed E-state index contributed by atoms with van der Waals surface area (Å²) in [4.78, 5) is 11.3. The molecule has 0 bridgehead atoms. The summed E-state index contributed by atoms with van der Waals surface area (Å²) in [5.41, 5.74) is 0.987. The number of ether oxygens (including phenoxy) is 1. The Balaban J connectivity index is 2.00. The van der Waals surface area contributed by atoms with Gasteiger partial charge in [0.15, 0.2) is 0 Å². The highest BCUT2D eigenvalue weighted by Gasteiger charge is 2.29. The quantitative estimate of drug-likeness (QED) is 0.615. The standard InChI is InChI=1S/C16H22O5S/c1-12-7-9-15(10-8-12)22(18,19)20-11-14-5-3-4-6-16(14)21-13(2)17/h7-10,14,16H,3-6,11H2,1-2H3/t14-,16+/m0/s1. The average Bonchev–Trinajstić information content (AvgIpc) is 2.46. The highest BCUT2D eigenvalue weighted by molar-refractivity contribution is 7.86. The van der Waals surface area contributed by atoms with Gasteiger partial charge < -0.3 is 4.74 Å². The number of carbonyl (C=O) groups excluding carboxylic acids is 1. The molecule has 0 unspecified atom stereocenters. The number of esters is 1. The first kappa shape index (κ1) is 17.0. The Morgan fingerprint density at radius 3 is 2.45 bits per heavy atom. The summed E-state index contributed by atoms with van der Waals surface area (Å²) in [6.07, 6.45) is 3.30. The van der Waals surface area contributed by atoms with Crippen molar-refractivity contribution >= 4 is 16.1 Å². The fraction of sp³-hybridized carbons (Fsp3) is 0.562. The fourth-order valence-electron chi connectivity index (χ4n) is 2.68. The molecule has 0 aromatic heterocycles. The molecule has 1 aliphatic carbocycles. The van der Waals surface area contributed by atoms with Gasteiger partial charge in [-0.05, 0) is 38.3 Å². The minimum absolute atomic E-state index is 0.0498. The van der Waals surface area contributed by atoms with Gasteiger partial charge in [0.25, 0.3) is 10.1 Å². The van der Waals surface area contributed by atoms with Crippen molar-refractivity contribution in [3.8, 4) is 0 Å². The van der Waals surface area contributed by atoms with Gasteiger partial charge in [-0.25, -0.2) is 0 Å². The first-order valence-electron chi connectivity index (χ1n) is 7.52. The second kappa shape index (κ2) is 7.24. The van der Waals surface area contributed by atoms with Crippen molar-refractivity contribution in [2.45, 2.75) is 50.5 Å². The lowest BCUT2D eigenvalue weighted by atomic mass is 9.87. The van der Waals surface area contributed by atoms with Crippen LogP contribution in [0.1, 0.15) is 38.2 Å². The average molecular weight is 326 g/mol. The molecule has 0 spiro atoms. The molecule has 22 heavy (non-hydrogen) atoms. The van der Waals surface area contributed by atoms with Gasteiger partial charge in [-0.15, -0.1) is 0 Å². The SMILES string of the molecule is CC(=O)O[C@@H]1CCCC[C@H]1COS(=O)(=O)c1ccc(C)cc1. The van der Waals surface area contributed by atoms with E-state index in [1.807, 2.05) is 6.92 Å². The Labute approximate surface area is 131 Å². The molecule has 1 aromatic carbocycles. The largest absolute Gasteiger partial charge is 0.462 e. The summed E-state index contributed by atoms with van der Waals surface area (Å²) in [7, 11) is -3.77. The third-order valence-corrected chi connectivity index (χ3v) is 5.20. The third kappa shape index (κ3) is 4.55. The summed E-state index contributed by atoms with van der Waals surface area (Å²) in [5, 5.41) is 0.